The van der Waals surface area contributed by atoms with E-state index >= 15 is 0 Å². The van der Waals surface area contributed by atoms with Crippen molar-refractivity contribution in [2.24, 2.45) is 0 Å². The van der Waals surface area contributed by atoms with Gasteiger partial charge in [-0.2, -0.15) is 0 Å². The van der Waals surface area contributed by atoms with E-state index in [-0.39, 0.29) is 0 Å². The summed E-state index contributed by atoms with van der Waals surface area (Å²) in [7, 11) is 0. The van der Waals surface area contributed by atoms with Crippen molar-refractivity contribution in [2.75, 3.05) is 0 Å². The van der Waals surface area contributed by atoms with Crippen molar-refractivity contribution in [3.63, 3.8) is 0 Å². The van der Waals surface area contributed by atoms with E-state index in [1.54, 1.807) is 0 Å². The van der Waals surface area contributed by atoms with Gasteiger partial charge in [-0.05, 0) is 37.0 Å². The SMILES string of the molecule is CCCn1cnnc1Cc1ccc(C)c(C)c1. The number of hydrogen-bond acceptors (Lipinski definition) is 2. The second kappa shape index (κ2) is 5.13. The smallest absolute Gasteiger partial charge is 0.137 e. The molecule has 0 aliphatic carbocycles. The average Bonchev–Trinajstić information content (AvgIpc) is 2.72. The molecule has 0 saturated carbocycles. The van der Waals surface area contributed by atoms with Gasteiger partial charge >= 0.3 is 0 Å². The zero-order valence-electron chi connectivity index (χ0n) is 10.8. The molecule has 17 heavy (non-hydrogen) atoms. The van der Waals surface area contributed by atoms with Crippen LogP contribution in [0.5, 0.6) is 0 Å². The van der Waals surface area contributed by atoms with Crippen molar-refractivity contribution in [3.05, 3.63) is 47.0 Å². The molecule has 90 valence electrons. The molecule has 0 atom stereocenters. The van der Waals surface area contributed by atoms with Gasteiger partial charge in [-0.3, -0.25) is 0 Å². The van der Waals surface area contributed by atoms with Crippen molar-refractivity contribution in [1.29, 1.82) is 0 Å². The molecule has 1 aromatic carbocycles. The maximum Gasteiger partial charge on any atom is 0.137 e. The van der Waals surface area contributed by atoms with Gasteiger partial charge in [-0.25, -0.2) is 0 Å². The molecule has 3 heteroatoms. The lowest BCUT2D eigenvalue weighted by molar-refractivity contribution is 0.646. The van der Waals surface area contributed by atoms with E-state index in [9.17, 15) is 0 Å². The largest absolute Gasteiger partial charge is 0.317 e. The van der Waals surface area contributed by atoms with Gasteiger partial charge in [0.25, 0.3) is 0 Å². The summed E-state index contributed by atoms with van der Waals surface area (Å²) in [6, 6.07) is 6.58. The number of benzene rings is 1. The molecule has 0 radical (unpaired) electrons. The van der Waals surface area contributed by atoms with Crippen molar-refractivity contribution >= 4 is 0 Å². The van der Waals surface area contributed by atoms with E-state index in [0.717, 1.165) is 25.2 Å². The summed E-state index contributed by atoms with van der Waals surface area (Å²) in [6.07, 6.45) is 3.79. The third-order valence-electron chi connectivity index (χ3n) is 3.09. The van der Waals surface area contributed by atoms with Crippen LogP contribution in [0.4, 0.5) is 0 Å². The molecule has 2 rings (SSSR count). The molecule has 0 N–H and O–H groups in total. The Labute approximate surface area is 103 Å². The fourth-order valence-corrected chi connectivity index (χ4v) is 1.94. The predicted molar refractivity (Wildman–Crippen MR) is 69.0 cm³/mol. The quantitative estimate of drug-likeness (QED) is 0.807. The Morgan fingerprint density at radius 3 is 2.71 bits per heavy atom. The number of aromatic nitrogens is 3. The first-order valence-corrected chi connectivity index (χ1v) is 6.13. The number of hydrogen-bond donors (Lipinski definition) is 0. The molecule has 0 unspecified atom stereocenters. The van der Waals surface area contributed by atoms with E-state index in [0.29, 0.717) is 0 Å². The Balaban J connectivity index is 2.19. The number of rotatable bonds is 4. The minimum absolute atomic E-state index is 0.862. The highest BCUT2D eigenvalue weighted by Crippen LogP contribution is 2.13. The normalized spacial score (nSPS) is 10.8. The maximum atomic E-state index is 4.20. The third kappa shape index (κ3) is 2.73. The highest BCUT2D eigenvalue weighted by Gasteiger charge is 2.05. The van der Waals surface area contributed by atoms with Gasteiger partial charge in [-0.1, -0.05) is 25.1 Å². The van der Waals surface area contributed by atoms with E-state index in [4.69, 9.17) is 0 Å². The van der Waals surface area contributed by atoms with Crippen LogP contribution in [0, 0.1) is 13.8 Å². The molecular weight excluding hydrogens is 210 g/mol. The molecule has 3 nitrogen and oxygen atoms in total. The highest BCUT2D eigenvalue weighted by molar-refractivity contribution is 5.31. The lowest BCUT2D eigenvalue weighted by atomic mass is 10.0. The molecule has 0 amide bonds. The van der Waals surface area contributed by atoms with Gasteiger partial charge in [0.1, 0.15) is 12.2 Å². The van der Waals surface area contributed by atoms with Crippen molar-refractivity contribution in [1.82, 2.24) is 14.8 Å². The monoisotopic (exact) mass is 229 g/mol. The van der Waals surface area contributed by atoms with Crippen LogP contribution in [-0.4, -0.2) is 14.8 Å². The van der Waals surface area contributed by atoms with Crippen molar-refractivity contribution < 1.29 is 0 Å². The maximum absolute atomic E-state index is 4.20. The summed E-state index contributed by atoms with van der Waals surface area (Å²) in [5, 5.41) is 8.18. The standard InChI is InChI=1S/C14H19N3/c1-4-7-17-10-15-16-14(17)9-13-6-5-11(2)12(3)8-13/h5-6,8,10H,4,7,9H2,1-3H3. The molecule has 0 fully saturated rings. The van der Waals surface area contributed by atoms with Crippen LogP contribution >= 0.6 is 0 Å². The predicted octanol–water partition coefficient (Wildman–Crippen LogP) is 2.90. The van der Waals surface area contributed by atoms with Crippen LogP contribution in [0.25, 0.3) is 0 Å². The van der Waals surface area contributed by atoms with Gasteiger partial charge in [-0.15, -0.1) is 10.2 Å². The fraction of sp³-hybridized carbons (Fsp3) is 0.429. The molecule has 0 saturated heterocycles. The first-order chi connectivity index (χ1) is 8.20. The molecule has 0 spiro atoms. The molecule has 0 aliphatic rings. The van der Waals surface area contributed by atoms with E-state index in [2.05, 4.69) is 53.7 Å². The Kier molecular flexibility index (Phi) is 3.57. The topological polar surface area (TPSA) is 30.7 Å². The lowest BCUT2D eigenvalue weighted by Gasteiger charge is -2.07. The van der Waals surface area contributed by atoms with Gasteiger partial charge in [0.05, 0.1) is 0 Å². The zero-order chi connectivity index (χ0) is 12.3. The number of aryl methyl sites for hydroxylation is 3. The van der Waals surface area contributed by atoms with Crippen molar-refractivity contribution in [3.8, 4) is 0 Å². The second-order valence-electron chi connectivity index (χ2n) is 4.54. The summed E-state index contributed by atoms with van der Waals surface area (Å²) in [4.78, 5) is 0. The van der Waals surface area contributed by atoms with Crippen LogP contribution in [0.2, 0.25) is 0 Å². The van der Waals surface area contributed by atoms with Gasteiger partial charge in [0.15, 0.2) is 0 Å². The van der Waals surface area contributed by atoms with Crippen LogP contribution in [0.15, 0.2) is 24.5 Å². The summed E-state index contributed by atoms with van der Waals surface area (Å²) in [5.41, 5.74) is 3.98. The molecule has 2 aromatic rings. The van der Waals surface area contributed by atoms with Crippen LogP contribution in [0.3, 0.4) is 0 Å². The first kappa shape index (κ1) is 11.8. The van der Waals surface area contributed by atoms with Crippen LogP contribution < -0.4 is 0 Å². The summed E-state index contributed by atoms with van der Waals surface area (Å²) < 4.78 is 2.13. The minimum atomic E-state index is 0.862. The van der Waals surface area contributed by atoms with Crippen LogP contribution in [-0.2, 0) is 13.0 Å². The summed E-state index contributed by atoms with van der Waals surface area (Å²) in [5.74, 6) is 1.05. The Hall–Kier alpha value is -1.64. The third-order valence-corrected chi connectivity index (χ3v) is 3.09. The average molecular weight is 229 g/mol. The van der Waals surface area contributed by atoms with E-state index in [1.165, 1.54) is 16.7 Å². The second-order valence-corrected chi connectivity index (χ2v) is 4.54. The summed E-state index contributed by atoms with van der Waals surface area (Å²) in [6.45, 7) is 7.45. The van der Waals surface area contributed by atoms with E-state index in [1.807, 2.05) is 6.33 Å². The van der Waals surface area contributed by atoms with Crippen LogP contribution in [0.1, 0.15) is 35.9 Å². The minimum Gasteiger partial charge on any atom is -0.317 e. The Morgan fingerprint density at radius 2 is 2.00 bits per heavy atom. The summed E-state index contributed by atoms with van der Waals surface area (Å²) >= 11 is 0. The zero-order valence-corrected chi connectivity index (χ0v) is 10.8. The molecule has 1 aromatic heterocycles. The van der Waals surface area contributed by atoms with Gasteiger partial charge < -0.3 is 4.57 Å². The Bertz CT molecular complexity index is 500. The fourth-order valence-electron chi connectivity index (χ4n) is 1.94. The van der Waals surface area contributed by atoms with E-state index < -0.39 is 0 Å². The lowest BCUT2D eigenvalue weighted by Crippen LogP contribution is -2.03. The van der Waals surface area contributed by atoms with Gasteiger partial charge in [0, 0.05) is 13.0 Å². The molecule has 0 aliphatic heterocycles. The molecule has 1 heterocycles. The highest BCUT2D eigenvalue weighted by atomic mass is 15.3. The van der Waals surface area contributed by atoms with Crippen molar-refractivity contribution in [2.45, 2.75) is 40.2 Å². The molecule has 0 bridgehead atoms. The van der Waals surface area contributed by atoms with Gasteiger partial charge in [0.2, 0.25) is 0 Å². The molecular formula is C14H19N3. The first-order valence-electron chi connectivity index (χ1n) is 6.13. The number of nitrogens with zero attached hydrogens (tertiary/aromatic N) is 3. The Morgan fingerprint density at radius 1 is 1.18 bits per heavy atom.